The molecular weight excluding hydrogens is 323 g/mol. The van der Waals surface area contributed by atoms with E-state index in [1.807, 2.05) is 6.07 Å². The van der Waals surface area contributed by atoms with Crippen LogP contribution in [0, 0.1) is 5.82 Å². The molecule has 1 amide bonds. The number of carbonyl (C=O) groups excluding carboxylic acids is 1. The lowest BCUT2D eigenvalue weighted by Crippen LogP contribution is -2.44. The Morgan fingerprint density at radius 1 is 1.28 bits per heavy atom. The van der Waals surface area contributed by atoms with Gasteiger partial charge >= 0.3 is 0 Å². The molecule has 1 aromatic carbocycles. The van der Waals surface area contributed by atoms with Gasteiger partial charge < -0.3 is 15.0 Å². The Kier molecular flexibility index (Phi) is 5.11. The number of aromatic nitrogens is 2. The average Bonchev–Trinajstić information content (AvgIpc) is 2.62. The lowest BCUT2D eigenvalue weighted by Gasteiger charge is -2.33. The van der Waals surface area contributed by atoms with Gasteiger partial charge in [0.1, 0.15) is 12.1 Å². The van der Waals surface area contributed by atoms with Crippen LogP contribution in [0.15, 0.2) is 30.6 Å². The summed E-state index contributed by atoms with van der Waals surface area (Å²) >= 11 is 0. The number of rotatable bonds is 4. The Hall–Kier alpha value is -2.70. The topological polar surface area (TPSA) is 67.3 Å². The van der Waals surface area contributed by atoms with Crippen molar-refractivity contribution in [1.29, 1.82) is 0 Å². The van der Waals surface area contributed by atoms with Crippen molar-refractivity contribution in [2.75, 3.05) is 25.1 Å². The van der Waals surface area contributed by atoms with Crippen LogP contribution in [0.4, 0.5) is 10.2 Å². The minimum atomic E-state index is -0.420. The Bertz CT molecular complexity index is 760. The number of amides is 1. The van der Waals surface area contributed by atoms with Gasteiger partial charge in [0.05, 0.1) is 12.8 Å². The predicted octanol–water partition coefficient (Wildman–Crippen LogP) is 2.40. The molecule has 0 unspecified atom stereocenters. The molecule has 0 aliphatic carbocycles. The Morgan fingerprint density at radius 3 is 2.68 bits per heavy atom. The third-order valence-electron chi connectivity index (χ3n) is 4.33. The number of piperidine rings is 1. The van der Waals surface area contributed by atoms with E-state index in [9.17, 15) is 9.18 Å². The van der Waals surface area contributed by atoms with Crippen LogP contribution in [0.5, 0.6) is 5.75 Å². The van der Waals surface area contributed by atoms with Crippen molar-refractivity contribution in [2.45, 2.75) is 25.8 Å². The normalized spacial score (nSPS) is 15.1. The number of anilines is 1. The molecule has 2 aromatic rings. The third kappa shape index (κ3) is 4.04. The first-order valence-electron chi connectivity index (χ1n) is 8.25. The molecule has 1 aromatic heterocycles. The summed E-state index contributed by atoms with van der Waals surface area (Å²) in [5.41, 5.74) is 1.34. The van der Waals surface area contributed by atoms with E-state index in [0.717, 1.165) is 31.7 Å². The molecule has 6 nitrogen and oxygen atoms in total. The number of carbonyl (C=O) groups is 1. The van der Waals surface area contributed by atoms with Gasteiger partial charge in [-0.15, -0.1) is 0 Å². The first kappa shape index (κ1) is 17.1. The fourth-order valence-corrected chi connectivity index (χ4v) is 3.04. The number of nitrogens with zero attached hydrogens (tertiary/aromatic N) is 3. The van der Waals surface area contributed by atoms with Crippen LogP contribution in [0.25, 0.3) is 11.3 Å². The summed E-state index contributed by atoms with van der Waals surface area (Å²) in [4.78, 5) is 21.9. The standard InChI is InChI=1S/C18H21FN4O2/c1-12(24)22-14-5-7-23(8-6-14)18-10-16(20-11-21-18)13-3-4-17(25-2)15(19)9-13/h3-4,9-11,14H,5-8H2,1-2H3,(H,22,24). The average molecular weight is 344 g/mol. The van der Waals surface area contributed by atoms with Crippen molar-refractivity contribution in [3.63, 3.8) is 0 Å². The molecule has 3 rings (SSSR count). The largest absolute Gasteiger partial charge is 0.494 e. The molecule has 7 heteroatoms. The zero-order valence-electron chi connectivity index (χ0n) is 14.3. The lowest BCUT2D eigenvalue weighted by molar-refractivity contribution is -0.119. The lowest BCUT2D eigenvalue weighted by atomic mass is 10.0. The summed E-state index contributed by atoms with van der Waals surface area (Å²) in [5.74, 6) is 0.598. The van der Waals surface area contributed by atoms with Crippen LogP contribution < -0.4 is 15.0 Å². The molecule has 1 fully saturated rings. The fraction of sp³-hybridized carbons (Fsp3) is 0.389. The molecule has 1 saturated heterocycles. The highest BCUT2D eigenvalue weighted by molar-refractivity contribution is 5.73. The highest BCUT2D eigenvalue weighted by Gasteiger charge is 2.21. The molecule has 0 radical (unpaired) electrons. The molecule has 0 spiro atoms. The minimum absolute atomic E-state index is 0.00399. The van der Waals surface area contributed by atoms with E-state index in [-0.39, 0.29) is 17.7 Å². The van der Waals surface area contributed by atoms with E-state index in [1.165, 1.54) is 26.4 Å². The highest BCUT2D eigenvalue weighted by Crippen LogP contribution is 2.26. The van der Waals surface area contributed by atoms with Gasteiger partial charge in [0.2, 0.25) is 5.91 Å². The molecule has 0 bridgehead atoms. The number of benzene rings is 1. The van der Waals surface area contributed by atoms with Gasteiger partial charge in [-0.25, -0.2) is 14.4 Å². The molecule has 0 atom stereocenters. The van der Waals surface area contributed by atoms with Gasteiger partial charge in [0.25, 0.3) is 0 Å². The number of hydrogen-bond donors (Lipinski definition) is 1. The highest BCUT2D eigenvalue weighted by atomic mass is 19.1. The van der Waals surface area contributed by atoms with Crippen LogP contribution in [0.1, 0.15) is 19.8 Å². The quantitative estimate of drug-likeness (QED) is 0.922. The van der Waals surface area contributed by atoms with E-state index in [0.29, 0.717) is 11.3 Å². The Balaban J connectivity index is 1.74. The monoisotopic (exact) mass is 344 g/mol. The number of ether oxygens (including phenoxy) is 1. The third-order valence-corrected chi connectivity index (χ3v) is 4.33. The van der Waals surface area contributed by atoms with Crippen LogP contribution >= 0.6 is 0 Å². The maximum atomic E-state index is 13.9. The van der Waals surface area contributed by atoms with Gasteiger partial charge in [0, 0.05) is 37.7 Å². The minimum Gasteiger partial charge on any atom is -0.494 e. The predicted molar refractivity (Wildman–Crippen MR) is 93.0 cm³/mol. The summed E-state index contributed by atoms with van der Waals surface area (Å²) < 4.78 is 18.9. The summed E-state index contributed by atoms with van der Waals surface area (Å²) in [6.07, 6.45) is 3.23. The Morgan fingerprint density at radius 2 is 2.04 bits per heavy atom. The van der Waals surface area contributed by atoms with Crippen LogP contribution in [0.2, 0.25) is 0 Å². The van der Waals surface area contributed by atoms with Crippen molar-refractivity contribution in [2.24, 2.45) is 0 Å². The molecule has 1 aliphatic heterocycles. The summed E-state index contributed by atoms with van der Waals surface area (Å²) in [6.45, 7) is 3.15. The molecular formula is C18H21FN4O2. The summed E-state index contributed by atoms with van der Waals surface area (Å²) in [6, 6.07) is 6.85. The second-order valence-corrected chi connectivity index (χ2v) is 6.07. The first-order chi connectivity index (χ1) is 12.1. The van der Waals surface area contributed by atoms with E-state index in [2.05, 4.69) is 20.2 Å². The van der Waals surface area contributed by atoms with Crippen molar-refractivity contribution >= 4 is 11.7 Å². The van der Waals surface area contributed by atoms with E-state index in [4.69, 9.17) is 4.74 Å². The first-order valence-corrected chi connectivity index (χ1v) is 8.25. The number of methoxy groups -OCH3 is 1. The molecule has 132 valence electrons. The van der Waals surface area contributed by atoms with Crippen molar-refractivity contribution in [3.8, 4) is 17.0 Å². The van der Waals surface area contributed by atoms with Gasteiger partial charge in [-0.1, -0.05) is 0 Å². The van der Waals surface area contributed by atoms with Crippen LogP contribution in [0.3, 0.4) is 0 Å². The van der Waals surface area contributed by atoms with Crippen LogP contribution in [-0.2, 0) is 4.79 Å². The maximum absolute atomic E-state index is 13.9. The zero-order valence-corrected chi connectivity index (χ0v) is 14.3. The summed E-state index contributed by atoms with van der Waals surface area (Å²) in [7, 11) is 1.44. The molecule has 2 heterocycles. The van der Waals surface area contributed by atoms with Gasteiger partial charge in [-0.3, -0.25) is 4.79 Å². The smallest absolute Gasteiger partial charge is 0.217 e. The van der Waals surface area contributed by atoms with E-state index < -0.39 is 5.82 Å². The van der Waals surface area contributed by atoms with Crippen molar-refractivity contribution in [3.05, 3.63) is 36.4 Å². The molecule has 1 aliphatic rings. The second kappa shape index (κ2) is 7.46. The number of halogens is 1. The van der Waals surface area contributed by atoms with Gasteiger partial charge in [-0.2, -0.15) is 0 Å². The molecule has 0 saturated carbocycles. The van der Waals surface area contributed by atoms with E-state index in [1.54, 1.807) is 12.1 Å². The second-order valence-electron chi connectivity index (χ2n) is 6.07. The Labute approximate surface area is 146 Å². The van der Waals surface area contributed by atoms with E-state index >= 15 is 0 Å². The van der Waals surface area contributed by atoms with Gasteiger partial charge in [0.15, 0.2) is 11.6 Å². The zero-order chi connectivity index (χ0) is 17.8. The summed E-state index contributed by atoms with van der Waals surface area (Å²) in [5, 5.41) is 2.96. The maximum Gasteiger partial charge on any atom is 0.217 e. The molecule has 1 N–H and O–H groups in total. The SMILES string of the molecule is COc1ccc(-c2cc(N3CCC(NC(C)=O)CC3)ncn2)cc1F. The fourth-order valence-electron chi connectivity index (χ4n) is 3.04. The van der Waals surface area contributed by atoms with Crippen molar-refractivity contribution in [1.82, 2.24) is 15.3 Å². The van der Waals surface area contributed by atoms with Crippen LogP contribution in [-0.4, -0.2) is 42.1 Å². The number of hydrogen-bond acceptors (Lipinski definition) is 5. The van der Waals surface area contributed by atoms with Crippen molar-refractivity contribution < 1.29 is 13.9 Å². The number of nitrogens with one attached hydrogen (secondary N) is 1. The van der Waals surface area contributed by atoms with Gasteiger partial charge in [-0.05, 0) is 31.0 Å². The molecule has 25 heavy (non-hydrogen) atoms.